The minimum absolute atomic E-state index is 0.360. The van der Waals surface area contributed by atoms with Gasteiger partial charge in [-0.1, -0.05) is 32.7 Å². The molecule has 0 aliphatic heterocycles. The third-order valence-electron chi connectivity index (χ3n) is 2.03. The van der Waals surface area contributed by atoms with Gasteiger partial charge in [-0.3, -0.25) is 0 Å². The second-order valence-electron chi connectivity index (χ2n) is 3.19. The van der Waals surface area contributed by atoms with Crippen molar-refractivity contribution in [3.8, 4) is 11.3 Å². The summed E-state index contributed by atoms with van der Waals surface area (Å²) in [5.74, 6) is 1.00. The molecular weight excluding hydrogens is 324 g/mol. The molecule has 0 radical (unpaired) electrons. The zero-order chi connectivity index (χ0) is 11.0. The minimum Gasteiger partial charge on any atom is -0.380 e. The van der Waals surface area contributed by atoms with Gasteiger partial charge in [-0.05, 0) is 35.0 Å². The predicted octanol–water partition coefficient (Wildman–Crippen LogP) is 3.76. The van der Waals surface area contributed by atoms with Gasteiger partial charge in [0.1, 0.15) is 4.47 Å². The van der Waals surface area contributed by atoms with Crippen molar-refractivity contribution in [2.45, 2.75) is 6.92 Å². The summed E-state index contributed by atoms with van der Waals surface area (Å²) in [6.07, 6.45) is 0. The Kier molecular flexibility index (Phi) is 2.84. The number of hydrogen-bond donors (Lipinski definition) is 1. The Morgan fingerprint density at radius 2 is 2.07 bits per heavy atom. The van der Waals surface area contributed by atoms with E-state index in [4.69, 9.17) is 10.3 Å². The maximum absolute atomic E-state index is 5.60. The number of nitrogen functional groups attached to an aromatic ring is 1. The van der Waals surface area contributed by atoms with Crippen LogP contribution in [-0.2, 0) is 0 Å². The van der Waals surface area contributed by atoms with E-state index < -0.39 is 0 Å². The molecule has 1 heterocycles. The molecule has 0 fully saturated rings. The fourth-order valence-electron chi connectivity index (χ4n) is 1.27. The van der Waals surface area contributed by atoms with Crippen molar-refractivity contribution in [2.24, 2.45) is 0 Å². The van der Waals surface area contributed by atoms with Gasteiger partial charge in [0, 0.05) is 10.0 Å². The Labute approximate surface area is 104 Å². The zero-order valence-corrected chi connectivity index (χ0v) is 11.1. The Hall–Kier alpha value is -0.810. The molecule has 0 bridgehead atoms. The van der Waals surface area contributed by atoms with Gasteiger partial charge < -0.3 is 10.3 Å². The number of halogens is 2. The molecule has 0 amide bonds. The first-order valence-corrected chi connectivity index (χ1v) is 5.85. The van der Waals surface area contributed by atoms with E-state index >= 15 is 0 Å². The average molecular weight is 332 g/mol. The van der Waals surface area contributed by atoms with Crippen LogP contribution < -0.4 is 5.73 Å². The van der Waals surface area contributed by atoms with Gasteiger partial charge in [-0.15, -0.1) is 0 Å². The number of aryl methyl sites for hydroxylation is 1. The Bertz CT molecular complexity index is 508. The van der Waals surface area contributed by atoms with Crippen LogP contribution in [0.4, 0.5) is 5.82 Å². The van der Waals surface area contributed by atoms with Crippen molar-refractivity contribution in [1.29, 1.82) is 0 Å². The summed E-state index contributed by atoms with van der Waals surface area (Å²) in [6.45, 7) is 2.02. The van der Waals surface area contributed by atoms with Crippen LogP contribution in [0.15, 0.2) is 31.7 Å². The molecule has 1 aromatic heterocycles. The molecule has 3 nitrogen and oxygen atoms in total. The largest absolute Gasteiger partial charge is 0.380 e. The van der Waals surface area contributed by atoms with Gasteiger partial charge in [-0.2, -0.15) is 0 Å². The van der Waals surface area contributed by atoms with Crippen molar-refractivity contribution in [3.63, 3.8) is 0 Å². The Balaban J connectivity index is 2.63. The van der Waals surface area contributed by atoms with Crippen LogP contribution >= 0.6 is 31.9 Å². The molecule has 0 atom stereocenters. The van der Waals surface area contributed by atoms with Gasteiger partial charge in [-0.25, -0.2) is 0 Å². The highest BCUT2D eigenvalue weighted by Gasteiger charge is 2.15. The number of rotatable bonds is 1. The van der Waals surface area contributed by atoms with E-state index in [9.17, 15) is 0 Å². The van der Waals surface area contributed by atoms with E-state index in [0.29, 0.717) is 16.1 Å². The fourth-order valence-corrected chi connectivity index (χ4v) is 2.06. The number of nitrogens with zero attached hydrogens (tertiary/aromatic N) is 1. The van der Waals surface area contributed by atoms with E-state index in [2.05, 4.69) is 37.0 Å². The van der Waals surface area contributed by atoms with Crippen LogP contribution in [0.3, 0.4) is 0 Å². The number of aromatic nitrogens is 1. The molecule has 1 aromatic carbocycles. The third kappa shape index (κ3) is 1.94. The molecule has 0 spiro atoms. The first-order valence-electron chi connectivity index (χ1n) is 4.26. The van der Waals surface area contributed by atoms with Crippen LogP contribution in [0.1, 0.15) is 5.56 Å². The molecule has 2 N–H and O–H groups in total. The topological polar surface area (TPSA) is 52.0 Å². The number of benzene rings is 1. The highest BCUT2D eigenvalue weighted by atomic mass is 79.9. The van der Waals surface area contributed by atoms with E-state index in [1.54, 1.807) is 0 Å². The van der Waals surface area contributed by atoms with Crippen molar-refractivity contribution < 1.29 is 4.52 Å². The fraction of sp³-hybridized carbons (Fsp3) is 0.100. The molecule has 0 aliphatic carbocycles. The quantitative estimate of drug-likeness (QED) is 0.865. The monoisotopic (exact) mass is 330 g/mol. The second-order valence-corrected chi connectivity index (χ2v) is 4.84. The predicted molar refractivity (Wildman–Crippen MR) is 66.5 cm³/mol. The molecule has 0 saturated carbocycles. The number of nitrogens with two attached hydrogens (primary N) is 1. The van der Waals surface area contributed by atoms with E-state index in [1.807, 2.05) is 25.1 Å². The molecule has 0 unspecified atom stereocenters. The highest BCUT2D eigenvalue weighted by Crippen LogP contribution is 2.36. The van der Waals surface area contributed by atoms with Crippen LogP contribution in [0.25, 0.3) is 11.3 Å². The summed E-state index contributed by atoms with van der Waals surface area (Å²) < 4.78 is 6.80. The summed E-state index contributed by atoms with van der Waals surface area (Å²) in [5.41, 5.74) is 7.68. The van der Waals surface area contributed by atoms with E-state index in [1.165, 1.54) is 0 Å². The molecule has 0 saturated heterocycles. The molecule has 0 aliphatic rings. The van der Waals surface area contributed by atoms with Crippen molar-refractivity contribution >= 4 is 37.7 Å². The van der Waals surface area contributed by atoms with Gasteiger partial charge in [0.05, 0.1) is 0 Å². The lowest BCUT2D eigenvalue weighted by atomic mass is 10.1. The SMILES string of the molecule is Cc1ccc(Br)c(-c2onc(N)c2Br)c1. The van der Waals surface area contributed by atoms with E-state index in [0.717, 1.165) is 15.6 Å². The maximum Gasteiger partial charge on any atom is 0.184 e. The summed E-state index contributed by atoms with van der Waals surface area (Å²) >= 11 is 6.80. The van der Waals surface area contributed by atoms with Gasteiger partial charge >= 0.3 is 0 Å². The molecule has 5 heteroatoms. The van der Waals surface area contributed by atoms with E-state index in [-0.39, 0.29) is 0 Å². The first-order chi connectivity index (χ1) is 7.09. The van der Waals surface area contributed by atoms with Crippen LogP contribution in [0, 0.1) is 6.92 Å². The molecular formula is C10H8Br2N2O. The third-order valence-corrected chi connectivity index (χ3v) is 3.48. The Morgan fingerprint density at radius 3 is 2.67 bits per heavy atom. The van der Waals surface area contributed by atoms with Gasteiger partial charge in [0.15, 0.2) is 11.6 Å². The van der Waals surface area contributed by atoms with Crippen LogP contribution in [-0.4, -0.2) is 5.16 Å². The van der Waals surface area contributed by atoms with Gasteiger partial charge in [0.25, 0.3) is 0 Å². The molecule has 78 valence electrons. The molecule has 2 rings (SSSR count). The molecule has 15 heavy (non-hydrogen) atoms. The van der Waals surface area contributed by atoms with Crippen LogP contribution in [0.2, 0.25) is 0 Å². The smallest absolute Gasteiger partial charge is 0.184 e. The normalized spacial score (nSPS) is 10.6. The minimum atomic E-state index is 0.360. The first kappa shape index (κ1) is 10.7. The zero-order valence-electron chi connectivity index (χ0n) is 7.92. The Morgan fingerprint density at radius 1 is 1.33 bits per heavy atom. The lowest BCUT2D eigenvalue weighted by Gasteiger charge is -2.02. The average Bonchev–Trinajstić information content (AvgIpc) is 2.52. The lowest BCUT2D eigenvalue weighted by molar-refractivity contribution is 0.435. The summed E-state index contributed by atoms with van der Waals surface area (Å²) in [5, 5.41) is 3.70. The second kappa shape index (κ2) is 3.98. The maximum atomic E-state index is 5.60. The highest BCUT2D eigenvalue weighted by molar-refractivity contribution is 9.11. The van der Waals surface area contributed by atoms with Crippen LogP contribution in [0.5, 0.6) is 0 Å². The number of anilines is 1. The summed E-state index contributed by atoms with van der Waals surface area (Å²) in [7, 11) is 0. The van der Waals surface area contributed by atoms with Crippen molar-refractivity contribution in [3.05, 3.63) is 32.7 Å². The van der Waals surface area contributed by atoms with Crippen molar-refractivity contribution in [2.75, 3.05) is 5.73 Å². The standard InChI is InChI=1S/C10H8Br2N2O/c1-5-2-3-7(11)6(4-5)9-8(12)10(13)14-15-9/h2-4H,1H3,(H2,13,14). The van der Waals surface area contributed by atoms with Gasteiger partial charge in [0.2, 0.25) is 0 Å². The molecule has 2 aromatic rings. The lowest BCUT2D eigenvalue weighted by Crippen LogP contribution is -1.84. The van der Waals surface area contributed by atoms with Crippen molar-refractivity contribution in [1.82, 2.24) is 5.16 Å². The summed E-state index contributed by atoms with van der Waals surface area (Å²) in [6, 6.07) is 5.99. The summed E-state index contributed by atoms with van der Waals surface area (Å²) in [4.78, 5) is 0. The number of hydrogen-bond acceptors (Lipinski definition) is 3.